The predicted molar refractivity (Wildman–Crippen MR) is 130 cm³/mol. The average molecular weight is 516 g/mol. The monoisotopic (exact) mass is 515 g/mol. The lowest BCUT2D eigenvalue weighted by atomic mass is 10.1. The number of benzene rings is 2. The van der Waals surface area contributed by atoms with Gasteiger partial charge in [-0.3, -0.25) is 9.69 Å². The fraction of sp³-hybridized carbons (Fsp3) is 0.308. The van der Waals surface area contributed by atoms with Gasteiger partial charge in [0, 0.05) is 49.8 Å². The summed E-state index contributed by atoms with van der Waals surface area (Å²) in [6.07, 6.45) is -3.86. The van der Waals surface area contributed by atoms with E-state index in [2.05, 4.69) is 44.0 Å². The number of H-pyrrole nitrogens is 1. The van der Waals surface area contributed by atoms with Gasteiger partial charge >= 0.3 is 12.1 Å². The van der Waals surface area contributed by atoms with E-state index in [0.717, 1.165) is 26.2 Å². The molecule has 1 saturated heterocycles. The maximum atomic E-state index is 13.4. The van der Waals surface area contributed by atoms with Crippen molar-refractivity contribution in [3.05, 3.63) is 65.7 Å². The zero-order valence-electron chi connectivity index (χ0n) is 20.0. The summed E-state index contributed by atoms with van der Waals surface area (Å²) in [5.41, 5.74) is -0.126. The Hall–Kier alpha value is -3.88. The van der Waals surface area contributed by atoms with E-state index < -0.39 is 23.6 Å². The van der Waals surface area contributed by atoms with Crippen molar-refractivity contribution in [1.29, 1.82) is 0 Å². The number of aromatic amines is 1. The zero-order chi connectivity index (χ0) is 26.4. The Morgan fingerprint density at radius 3 is 2.65 bits per heavy atom. The number of carbonyl (C=O) groups is 1. The molecule has 0 saturated carbocycles. The van der Waals surface area contributed by atoms with Crippen molar-refractivity contribution < 1.29 is 27.1 Å². The number of nitrogens with zero attached hydrogens (tertiary/aromatic N) is 3. The number of hydrogen-bond donors (Lipinski definition) is 2. The summed E-state index contributed by atoms with van der Waals surface area (Å²) in [6.45, 7) is 4.78. The fourth-order valence-electron chi connectivity index (χ4n) is 3.72. The highest BCUT2D eigenvalue weighted by Crippen LogP contribution is 2.32. The molecule has 194 valence electrons. The first-order chi connectivity index (χ1) is 17.7. The van der Waals surface area contributed by atoms with Gasteiger partial charge < -0.3 is 19.9 Å². The van der Waals surface area contributed by atoms with Crippen molar-refractivity contribution in [1.82, 2.24) is 19.8 Å². The Morgan fingerprint density at radius 1 is 1.16 bits per heavy atom. The number of carbonyl (C=O) groups excluding carboxylic acids is 1. The first kappa shape index (κ1) is 26.2. The highest BCUT2D eigenvalue weighted by Gasteiger charge is 2.33. The lowest BCUT2D eigenvalue weighted by Crippen LogP contribution is -2.45. The van der Waals surface area contributed by atoms with E-state index in [0.29, 0.717) is 36.2 Å². The minimum Gasteiger partial charge on any atom is -0.490 e. The normalized spacial score (nSPS) is 14.6. The molecule has 2 aromatic carbocycles. The number of amides is 1. The highest BCUT2D eigenvalue weighted by atomic mass is 19.4. The number of hydrogen-bond acceptors (Lipinski definition) is 5. The molecule has 0 unspecified atom stereocenters. The van der Waals surface area contributed by atoms with E-state index in [4.69, 9.17) is 4.74 Å². The Bertz CT molecular complexity index is 1300. The third-order valence-corrected chi connectivity index (χ3v) is 5.79. The van der Waals surface area contributed by atoms with E-state index in [-0.39, 0.29) is 11.5 Å². The van der Waals surface area contributed by atoms with Crippen LogP contribution in [0, 0.1) is 17.7 Å². The second-order valence-electron chi connectivity index (χ2n) is 8.56. The molecule has 0 atom stereocenters. The molecule has 0 spiro atoms. The average Bonchev–Trinajstić information content (AvgIpc) is 3.36. The van der Waals surface area contributed by atoms with Gasteiger partial charge in [0.15, 0.2) is 0 Å². The molecule has 2 heterocycles. The molecule has 0 aliphatic carbocycles. The maximum Gasteiger partial charge on any atom is 0.432 e. The quantitative estimate of drug-likeness (QED) is 0.386. The molecule has 37 heavy (non-hydrogen) atoms. The van der Waals surface area contributed by atoms with E-state index in [1.54, 1.807) is 18.2 Å². The van der Waals surface area contributed by atoms with E-state index in [1.807, 2.05) is 0 Å². The van der Waals surface area contributed by atoms with Crippen LogP contribution in [0.3, 0.4) is 0 Å². The summed E-state index contributed by atoms with van der Waals surface area (Å²) in [4.78, 5) is 23.1. The third-order valence-electron chi connectivity index (χ3n) is 5.79. The van der Waals surface area contributed by atoms with Crippen LogP contribution in [0.4, 0.5) is 23.2 Å². The van der Waals surface area contributed by atoms with Crippen LogP contribution in [0.15, 0.2) is 48.7 Å². The molecule has 11 heteroatoms. The number of halogens is 4. The number of imidazole rings is 1. The van der Waals surface area contributed by atoms with Gasteiger partial charge in [0.25, 0.3) is 0 Å². The molecule has 0 bridgehead atoms. The van der Waals surface area contributed by atoms with Crippen molar-refractivity contribution in [3.8, 4) is 29.0 Å². The van der Waals surface area contributed by atoms with Crippen molar-refractivity contribution in [3.63, 3.8) is 0 Å². The molecule has 4 rings (SSSR count). The van der Waals surface area contributed by atoms with Crippen LogP contribution >= 0.6 is 0 Å². The number of rotatable bonds is 6. The van der Waals surface area contributed by atoms with Crippen LogP contribution in [-0.4, -0.2) is 72.1 Å². The SMILES string of the molecule is CN1CCN(CCOc2ccc(-c3ncc(C(F)(F)F)[nH]3)cc2NC(=O)C#Cc2cccc(F)c2)CC1. The van der Waals surface area contributed by atoms with Gasteiger partial charge in [0.05, 0.1) is 11.9 Å². The van der Waals surface area contributed by atoms with Gasteiger partial charge in [0.2, 0.25) is 0 Å². The molecule has 3 aromatic rings. The minimum atomic E-state index is -4.57. The third kappa shape index (κ3) is 7.31. The van der Waals surface area contributed by atoms with Gasteiger partial charge in [-0.2, -0.15) is 13.2 Å². The molecular weight excluding hydrogens is 490 g/mol. The predicted octanol–water partition coefficient (Wildman–Crippen LogP) is 3.85. The van der Waals surface area contributed by atoms with Crippen LogP contribution in [-0.2, 0) is 11.0 Å². The lowest BCUT2D eigenvalue weighted by molar-refractivity contribution is -0.140. The Balaban J connectivity index is 1.52. The maximum absolute atomic E-state index is 13.4. The van der Waals surface area contributed by atoms with Gasteiger partial charge in [-0.25, -0.2) is 9.37 Å². The first-order valence-electron chi connectivity index (χ1n) is 11.6. The number of likely N-dealkylation sites (N-methyl/N-ethyl adjacent to an activating group) is 1. The molecule has 1 aromatic heterocycles. The van der Waals surface area contributed by atoms with Crippen LogP contribution in [0.2, 0.25) is 0 Å². The number of piperazine rings is 1. The molecule has 1 amide bonds. The van der Waals surface area contributed by atoms with Gasteiger partial charge in [-0.1, -0.05) is 12.0 Å². The molecule has 1 fully saturated rings. The topological polar surface area (TPSA) is 73.5 Å². The summed E-state index contributed by atoms with van der Waals surface area (Å²) in [5.74, 6) is 4.12. The highest BCUT2D eigenvalue weighted by molar-refractivity contribution is 6.05. The van der Waals surface area contributed by atoms with Crippen molar-refractivity contribution in [2.45, 2.75) is 6.18 Å². The van der Waals surface area contributed by atoms with Crippen molar-refractivity contribution >= 4 is 11.6 Å². The van der Waals surface area contributed by atoms with Gasteiger partial charge in [-0.15, -0.1) is 0 Å². The van der Waals surface area contributed by atoms with Crippen LogP contribution < -0.4 is 10.1 Å². The van der Waals surface area contributed by atoms with Gasteiger partial charge in [0.1, 0.15) is 29.7 Å². The summed E-state index contributed by atoms with van der Waals surface area (Å²) in [7, 11) is 2.07. The Kier molecular flexibility index (Phi) is 8.11. The first-order valence-corrected chi connectivity index (χ1v) is 11.6. The summed E-state index contributed by atoms with van der Waals surface area (Å²) >= 11 is 0. The van der Waals surface area contributed by atoms with E-state index in [9.17, 15) is 22.4 Å². The Labute approximate surface area is 211 Å². The molecule has 7 nitrogen and oxygen atoms in total. The van der Waals surface area contributed by atoms with E-state index >= 15 is 0 Å². The second kappa shape index (κ2) is 11.5. The molecule has 1 aliphatic heterocycles. The smallest absolute Gasteiger partial charge is 0.432 e. The number of anilines is 1. The van der Waals surface area contributed by atoms with Crippen LogP contribution in [0.1, 0.15) is 11.3 Å². The number of alkyl halides is 3. The van der Waals surface area contributed by atoms with Crippen LogP contribution in [0.25, 0.3) is 11.4 Å². The molecule has 0 radical (unpaired) electrons. The van der Waals surface area contributed by atoms with E-state index in [1.165, 1.54) is 24.3 Å². The number of aromatic nitrogens is 2. The lowest BCUT2D eigenvalue weighted by Gasteiger charge is -2.32. The van der Waals surface area contributed by atoms with Gasteiger partial charge in [-0.05, 0) is 43.4 Å². The summed E-state index contributed by atoms with van der Waals surface area (Å²) in [5, 5.41) is 2.62. The largest absolute Gasteiger partial charge is 0.490 e. The van der Waals surface area contributed by atoms with Crippen LogP contribution in [0.5, 0.6) is 5.75 Å². The number of nitrogens with one attached hydrogen (secondary N) is 2. The standard InChI is InChI=1S/C26H25F4N5O2/c1-34-9-11-35(12-10-34)13-14-37-22-7-6-19(25-31-17-23(33-25)26(28,29)30)16-21(22)32-24(36)8-5-18-3-2-4-20(27)15-18/h2-4,6-7,15-17H,9-14H2,1H3,(H,31,33)(H,32,36). The summed E-state index contributed by atoms with van der Waals surface area (Å²) in [6, 6.07) is 10.1. The van der Waals surface area contributed by atoms with Crippen molar-refractivity contribution in [2.24, 2.45) is 0 Å². The summed E-state index contributed by atoms with van der Waals surface area (Å²) < 4.78 is 58.3. The fourth-order valence-corrected chi connectivity index (χ4v) is 3.72. The number of ether oxygens (including phenoxy) is 1. The second-order valence-corrected chi connectivity index (χ2v) is 8.56. The Morgan fingerprint density at radius 2 is 1.95 bits per heavy atom. The molecule has 2 N–H and O–H groups in total. The zero-order valence-corrected chi connectivity index (χ0v) is 20.0. The molecule has 1 aliphatic rings. The van der Waals surface area contributed by atoms with Crippen molar-refractivity contribution in [2.75, 3.05) is 51.7 Å². The minimum absolute atomic E-state index is 0.0161. The molecular formula is C26H25F4N5O2.